The highest BCUT2D eigenvalue weighted by atomic mass is 16.5. The van der Waals surface area contributed by atoms with Crippen LogP contribution in [0.1, 0.15) is 45.0 Å². The molecule has 2 amide bonds. The molecule has 1 aliphatic carbocycles. The van der Waals surface area contributed by atoms with Crippen molar-refractivity contribution < 1.29 is 23.9 Å². The Morgan fingerprint density at radius 2 is 1.14 bits per heavy atom. The van der Waals surface area contributed by atoms with Gasteiger partial charge in [-0.25, -0.2) is 9.78 Å². The van der Waals surface area contributed by atoms with E-state index in [1.807, 2.05) is 132 Å². The number of benzene rings is 6. The van der Waals surface area contributed by atoms with Crippen LogP contribution in [0.3, 0.4) is 0 Å². The SMILES string of the molecule is O=C(CNC(=O)[C@H](Cc1cn(C(c2ccccc2)(c2ccccc2)c2ccccc2)cn1)NC(=O)OCC1c2ccccc2-c2ccccc21)OCc1ccccc1. The minimum Gasteiger partial charge on any atom is -0.460 e. The second-order valence-corrected chi connectivity index (χ2v) is 14.2. The lowest BCUT2D eigenvalue weighted by Crippen LogP contribution is -2.49. The molecular weight excluding hydrogens is 725 g/mol. The number of ether oxygens (including phenoxy) is 2. The lowest BCUT2D eigenvalue weighted by atomic mass is 9.77. The van der Waals surface area contributed by atoms with E-state index in [2.05, 4.69) is 59.2 Å². The van der Waals surface area contributed by atoms with Gasteiger partial charge in [-0.1, -0.05) is 170 Å². The second-order valence-electron chi connectivity index (χ2n) is 14.2. The van der Waals surface area contributed by atoms with E-state index >= 15 is 0 Å². The summed E-state index contributed by atoms with van der Waals surface area (Å²) in [6, 6.07) is 54.9. The number of esters is 1. The highest BCUT2D eigenvalue weighted by Gasteiger charge is 2.39. The molecule has 0 aliphatic heterocycles. The molecule has 7 aromatic rings. The number of nitrogens with zero attached hydrogens (tertiary/aromatic N) is 2. The number of nitrogens with one attached hydrogen (secondary N) is 2. The molecule has 2 N–H and O–H groups in total. The molecule has 9 heteroatoms. The number of imidazole rings is 1. The number of fused-ring (bicyclic) bond motifs is 3. The molecule has 0 saturated carbocycles. The smallest absolute Gasteiger partial charge is 0.407 e. The number of aromatic nitrogens is 2. The fourth-order valence-electron chi connectivity index (χ4n) is 7.91. The molecule has 1 aromatic heterocycles. The van der Waals surface area contributed by atoms with Crippen LogP contribution in [0.25, 0.3) is 11.1 Å². The van der Waals surface area contributed by atoms with Crippen LogP contribution < -0.4 is 10.6 Å². The fraction of sp³-hybridized carbons (Fsp3) is 0.143. The van der Waals surface area contributed by atoms with Gasteiger partial charge < -0.3 is 24.7 Å². The highest BCUT2D eigenvalue weighted by Crippen LogP contribution is 2.45. The summed E-state index contributed by atoms with van der Waals surface area (Å²) in [6.45, 7) is -0.245. The predicted molar refractivity (Wildman–Crippen MR) is 222 cm³/mol. The molecule has 1 atom stereocenters. The van der Waals surface area contributed by atoms with Crippen LogP contribution in [-0.2, 0) is 37.6 Å². The van der Waals surface area contributed by atoms with Crippen LogP contribution in [0.4, 0.5) is 4.79 Å². The molecule has 0 radical (unpaired) electrons. The summed E-state index contributed by atoms with van der Waals surface area (Å²) in [7, 11) is 0. The maximum atomic E-state index is 13.9. The van der Waals surface area contributed by atoms with Crippen molar-refractivity contribution in [2.45, 2.75) is 30.5 Å². The van der Waals surface area contributed by atoms with Crippen molar-refractivity contribution in [1.29, 1.82) is 0 Å². The first kappa shape index (κ1) is 37.7. The first-order valence-corrected chi connectivity index (χ1v) is 19.3. The van der Waals surface area contributed by atoms with Crippen LogP contribution in [0, 0.1) is 0 Å². The van der Waals surface area contributed by atoms with Gasteiger partial charge in [0.05, 0.1) is 12.0 Å². The Labute approximate surface area is 337 Å². The van der Waals surface area contributed by atoms with Crippen LogP contribution >= 0.6 is 0 Å². The summed E-state index contributed by atoms with van der Waals surface area (Å²) in [5.41, 5.74) is 7.93. The van der Waals surface area contributed by atoms with Crippen LogP contribution in [-0.4, -0.2) is 46.7 Å². The average Bonchev–Trinajstić information content (AvgIpc) is 3.88. The molecule has 0 bridgehead atoms. The number of rotatable bonds is 14. The van der Waals surface area contributed by atoms with Crippen molar-refractivity contribution in [2.75, 3.05) is 13.2 Å². The fourth-order valence-corrected chi connectivity index (χ4v) is 7.91. The zero-order valence-corrected chi connectivity index (χ0v) is 31.7. The molecule has 0 fully saturated rings. The third-order valence-corrected chi connectivity index (χ3v) is 10.6. The molecule has 58 heavy (non-hydrogen) atoms. The Kier molecular flexibility index (Phi) is 11.2. The third-order valence-electron chi connectivity index (χ3n) is 10.6. The summed E-state index contributed by atoms with van der Waals surface area (Å²) in [6.07, 6.45) is 2.91. The van der Waals surface area contributed by atoms with Crippen LogP contribution in [0.2, 0.25) is 0 Å². The lowest BCUT2D eigenvalue weighted by molar-refractivity contribution is -0.145. The quantitative estimate of drug-likeness (QED) is 0.0857. The van der Waals surface area contributed by atoms with Crippen molar-refractivity contribution in [3.63, 3.8) is 0 Å². The molecule has 1 heterocycles. The molecular formula is C49H42N4O5. The van der Waals surface area contributed by atoms with Crippen molar-refractivity contribution in [3.8, 4) is 11.1 Å². The molecule has 0 unspecified atom stereocenters. The van der Waals surface area contributed by atoms with Crippen molar-refractivity contribution in [3.05, 3.63) is 221 Å². The van der Waals surface area contributed by atoms with Crippen LogP contribution in [0.5, 0.6) is 0 Å². The molecule has 0 spiro atoms. The number of carbonyl (C=O) groups is 3. The zero-order valence-electron chi connectivity index (χ0n) is 31.7. The van der Waals surface area contributed by atoms with Gasteiger partial charge in [0, 0.05) is 18.5 Å². The van der Waals surface area contributed by atoms with E-state index in [0.717, 1.165) is 44.5 Å². The molecule has 288 valence electrons. The van der Waals surface area contributed by atoms with E-state index in [-0.39, 0.29) is 32.1 Å². The van der Waals surface area contributed by atoms with E-state index in [1.165, 1.54) is 0 Å². The van der Waals surface area contributed by atoms with Gasteiger partial charge >= 0.3 is 12.1 Å². The number of carbonyl (C=O) groups excluding carboxylic acids is 3. The second kappa shape index (κ2) is 17.3. The minimum absolute atomic E-state index is 0.0105. The summed E-state index contributed by atoms with van der Waals surface area (Å²) >= 11 is 0. The summed E-state index contributed by atoms with van der Waals surface area (Å²) in [4.78, 5) is 45.0. The highest BCUT2D eigenvalue weighted by molar-refractivity contribution is 5.88. The number of hydrogen-bond acceptors (Lipinski definition) is 6. The minimum atomic E-state index is -1.14. The molecule has 0 saturated heterocycles. The largest absolute Gasteiger partial charge is 0.460 e. The van der Waals surface area contributed by atoms with Gasteiger partial charge in [0.15, 0.2) is 0 Å². The number of alkyl carbamates (subject to hydrolysis) is 1. The Bertz CT molecular complexity index is 2350. The van der Waals surface area contributed by atoms with Gasteiger partial charge in [0.1, 0.15) is 31.3 Å². The Balaban J connectivity index is 1.06. The number of hydrogen-bond donors (Lipinski definition) is 2. The monoisotopic (exact) mass is 766 g/mol. The maximum absolute atomic E-state index is 13.9. The third kappa shape index (κ3) is 7.88. The van der Waals surface area contributed by atoms with Gasteiger partial charge in [0.2, 0.25) is 5.91 Å². The first-order valence-electron chi connectivity index (χ1n) is 19.3. The van der Waals surface area contributed by atoms with E-state index < -0.39 is 29.6 Å². The van der Waals surface area contributed by atoms with Gasteiger partial charge in [-0.3, -0.25) is 9.59 Å². The van der Waals surface area contributed by atoms with E-state index in [9.17, 15) is 14.4 Å². The van der Waals surface area contributed by atoms with Gasteiger partial charge in [-0.15, -0.1) is 0 Å². The van der Waals surface area contributed by atoms with Gasteiger partial charge in [-0.2, -0.15) is 0 Å². The zero-order chi connectivity index (χ0) is 39.7. The van der Waals surface area contributed by atoms with Crippen molar-refractivity contribution in [1.82, 2.24) is 20.2 Å². The molecule has 9 nitrogen and oxygen atoms in total. The standard InChI is InChI=1S/C49H42N4O5/c54-46(57-32-35-17-5-1-6-18-35)30-50-47(55)45(52-48(56)58-33-44-42-27-15-13-25-40(42)41-26-14-16-28-43(41)44)29-39-31-53(34-51-39)49(36-19-7-2-8-20-36,37-21-9-3-10-22-37)38-23-11-4-12-24-38/h1-28,31,34,44-45H,29-30,32-33H2,(H,50,55)(H,52,56)/t45-/m0/s1. The lowest BCUT2D eigenvalue weighted by Gasteiger charge is -2.37. The predicted octanol–water partition coefficient (Wildman–Crippen LogP) is 8.03. The summed E-state index contributed by atoms with van der Waals surface area (Å²) < 4.78 is 13.3. The normalized spacial score (nSPS) is 12.5. The molecule has 1 aliphatic rings. The molecule has 6 aromatic carbocycles. The summed E-state index contributed by atoms with van der Waals surface area (Å²) in [5, 5.41) is 5.45. The van der Waals surface area contributed by atoms with Crippen LogP contribution in [0.15, 0.2) is 182 Å². The Morgan fingerprint density at radius 3 is 1.69 bits per heavy atom. The van der Waals surface area contributed by atoms with Gasteiger partial charge in [0.25, 0.3) is 0 Å². The van der Waals surface area contributed by atoms with Crippen molar-refractivity contribution >= 4 is 18.0 Å². The van der Waals surface area contributed by atoms with E-state index in [1.54, 1.807) is 6.33 Å². The van der Waals surface area contributed by atoms with E-state index in [0.29, 0.717) is 5.69 Å². The number of amides is 2. The molecule has 8 rings (SSSR count). The van der Waals surface area contributed by atoms with Gasteiger partial charge in [-0.05, 0) is 44.5 Å². The van der Waals surface area contributed by atoms with E-state index in [4.69, 9.17) is 14.5 Å². The first-order chi connectivity index (χ1) is 28.5. The Morgan fingerprint density at radius 1 is 0.638 bits per heavy atom. The van der Waals surface area contributed by atoms with Crippen molar-refractivity contribution in [2.24, 2.45) is 0 Å². The summed E-state index contributed by atoms with van der Waals surface area (Å²) in [5.74, 6) is -1.36. The Hall–Kier alpha value is -7.26. The topological polar surface area (TPSA) is 112 Å². The average molecular weight is 767 g/mol. The maximum Gasteiger partial charge on any atom is 0.407 e.